The number of rotatable bonds is 6. The molecule has 1 aliphatic carbocycles. The van der Waals surface area contributed by atoms with Crippen LogP contribution in [0.2, 0.25) is 0 Å². The Kier molecular flexibility index (Phi) is 5.61. The molecule has 1 aliphatic heterocycles. The number of benzene rings is 1. The molecule has 1 unspecified atom stereocenters. The molecular formula is C20H24F4N4O2. The minimum absolute atomic E-state index is 0.0183. The normalized spacial score (nSPS) is 23.8. The quantitative estimate of drug-likeness (QED) is 0.688. The molecule has 6 nitrogen and oxygen atoms in total. The fourth-order valence-electron chi connectivity index (χ4n) is 4.45. The van der Waals surface area contributed by atoms with Gasteiger partial charge in [-0.3, -0.25) is 0 Å². The minimum Gasteiger partial charge on any atom is -0.424 e. The van der Waals surface area contributed by atoms with E-state index in [2.05, 4.69) is 20.1 Å². The van der Waals surface area contributed by atoms with E-state index in [9.17, 15) is 17.6 Å². The van der Waals surface area contributed by atoms with E-state index in [1.54, 1.807) is 4.68 Å². The molecule has 1 saturated carbocycles. The third-order valence-electron chi connectivity index (χ3n) is 5.82. The van der Waals surface area contributed by atoms with Gasteiger partial charge in [-0.05, 0) is 69.7 Å². The molecule has 2 bridgehead atoms. The van der Waals surface area contributed by atoms with Crippen molar-refractivity contribution in [3.8, 4) is 17.5 Å². The van der Waals surface area contributed by atoms with Crippen molar-refractivity contribution in [2.24, 2.45) is 17.8 Å². The monoisotopic (exact) mass is 428 g/mol. The van der Waals surface area contributed by atoms with E-state index in [-0.39, 0.29) is 17.8 Å². The zero-order valence-electron chi connectivity index (χ0n) is 16.7. The SMILES string of the molecule is CC(C)n1nc(CC2[C@@H]3CC[C@H]2CNC3)nc1Oc1ccc(OC(F)(F)F)c(F)c1. The molecule has 2 heterocycles. The largest absolute Gasteiger partial charge is 0.573 e. The summed E-state index contributed by atoms with van der Waals surface area (Å²) in [6, 6.07) is 3.06. The van der Waals surface area contributed by atoms with Crippen LogP contribution in [-0.4, -0.2) is 34.2 Å². The molecule has 1 N–H and O–H groups in total. The van der Waals surface area contributed by atoms with Crippen molar-refractivity contribution in [2.75, 3.05) is 13.1 Å². The molecule has 3 atom stereocenters. The van der Waals surface area contributed by atoms with E-state index in [1.165, 1.54) is 18.9 Å². The topological polar surface area (TPSA) is 61.2 Å². The Balaban J connectivity index is 1.52. The summed E-state index contributed by atoms with van der Waals surface area (Å²) in [7, 11) is 0. The van der Waals surface area contributed by atoms with Crippen LogP contribution >= 0.6 is 0 Å². The van der Waals surface area contributed by atoms with Gasteiger partial charge in [0.25, 0.3) is 0 Å². The Bertz CT molecular complexity index is 883. The Morgan fingerprint density at radius 2 is 1.90 bits per heavy atom. The van der Waals surface area contributed by atoms with Gasteiger partial charge in [-0.1, -0.05) is 0 Å². The van der Waals surface area contributed by atoms with Crippen LogP contribution in [0.1, 0.15) is 38.6 Å². The van der Waals surface area contributed by atoms with Crippen LogP contribution in [-0.2, 0) is 6.42 Å². The fourth-order valence-corrected chi connectivity index (χ4v) is 4.45. The van der Waals surface area contributed by atoms with E-state index >= 15 is 0 Å². The van der Waals surface area contributed by atoms with Gasteiger partial charge in [-0.25, -0.2) is 9.07 Å². The molecule has 1 saturated heterocycles. The molecule has 2 fully saturated rings. The summed E-state index contributed by atoms with van der Waals surface area (Å²) in [5, 5.41) is 8.05. The average molecular weight is 428 g/mol. The summed E-state index contributed by atoms with van der Waals surface area (Å²) in [6.07, 6.45) is -1.80. The lowest BCUT2D eigenvalue weighted by Gasteiger charge is -2.29. The maximum absolute atomic E-state index is 14.0. The average Bonchev–Trinajstić information content (AvgIpc) is 3.12. The van der Waals surface area contributed by atoms with Crippen LogP contribution < -0.4 is 14.8 Å². The van der Waals surface area contributed by atoms with E-state index in [4.69, 9.17) is 4.74 Å². The van der Waals surface area contributed by atoms with Gasteiger partial charge in [0.15, 0.2) is 17.4 Å². The third kappa shape index (κ3) is 4.53. The van der Waals surface area contributed by atoms with Crippen molar-refractivity contribution in [3.05, 3.63) is 29.8 Å². The number of alkyl halides is 3. The van der Waals surface area contributed by atoms with Crippen molar-refractivity contribution in [2.45, 2.75) is 45.5 Å². The standard InChI is InChI=1S/C20H24F4N4O2/c1-11(2)28-19(29-14-5-6-17(16(21)7-14)30-20(22,23)24)26-18(27-28)8-15-12-3-4-13(15)10-25-9-12/h5-7,11-13,15,25H,3-4,8-10H2,1-2H3/t12-,13+,15?. The zero-order valence-corrected chi connectivity index (χ0v) is 16.7. The van der Waals surface area contributed by atoms with E-state index in [0.717, 1.165) is 31.6 Å². The predicted molar refractivity (Wildman–Crippen MR) is 99.8 cm³/mol. The van der Waals surface area contributed by atoms with Crippen LogP contribution in [0.4, 0.5) is 17.6 Å². The highest BCUT2D eigenvalue weighted by molar-refractivity contribution is 5.34. The molecule has 30 heavy (non-hydrogen) atoms. The van der Waals surface area contributed by atoms with Crippen molar-refractivity contribution in [1.82, 2.24) is 20.1 Å². The second-order valence-corrected chi connectivity index (χ2v) is 8.21. The number of aromatic nitrogens is 3. The number of ether oxygens (including phenoxy) is 2. The van der Waals surface area contributed by atoms with Gasteiger partial charge in [0.2, 0.25) is 0 Å². The van der Waals surface area contributed by atoms with Crippen LogP contribution in [0.3, 0.4) is 0 Å². The predicted octanol–water partition coefficient (Wildman–Crippen LogP) is 4.48. The highest BCUT2D eigenvalue weighted by atomic mass is 19.4. The maximum Gasteiger partial charge on any atom is 0.573 e. The molecular weight excluding hydrogens is 404 g/mol. The van der Waals surface area contributed by atoms with Gasteiger partial charge in [0.1, 0.15) is 5.75 Å². The first-order valence-corrected chi connectivity index (χ1v) is 10.1. The van der Waals surface area contributed by atoms with Gasteiger partial charge in [0.05, 0.1) is 6.04 Å². The highest BCUT2D eigenvalue weighted by Crippen LogP contribution is 2.41. The lowest BCUT2D eigenvalue weighted by Crippen LogP contribution is -2.39. The van der Waals surface area contributed by atoms with Gasteiger partial charge in [-0.15, -0.1) is 13.2 Å². The Morgan fingerprint density at radius 3 is 2.50 bits per heavy atom. The molecule has 1 aromatic heterocycles. The zero-order chi connectivity index (χ0) is 21.5. The number of hydrogen-bond acceptors (Lipinski definition) is 5. The highest BCUT2D eigenvalue weighted by Gasteiger charge is 2.39. The van der Waals surface area contributed by atoms with E-state index in [1.807, 2.05) is 13.8 Å². The molecule has 0 amide bonds. The number of piperidine rings is 1. The fraction of sp³-hybridized carbons (Fsp3) is 0.600. The van der Waals surface area contributed by atoms with Crippen molar-refractivity contribution in [1.29, 1.82) is 0 Å². The number of hydrogen-bond donors (Lipinski definition) is 1. The summed E-state index contributed by atoms with van der Waals surface area (Å²) < 4.78 is 61.9. The summed E-state index contributed by atoms with van der Waals surface area (Å²) in [4.78, 5) is 4.50. The summed E-state index contributed by atoms with van der Waals surface area (Å²) in [6.45, 7) is 5.86. The third-order valence-corrected chi connectivity index (χ3v) is 5.82. The van der Waals surface area contributed by atoms with Crippen LogP contribution in [0.5, 0.6) is 17.5 Å². The number of nitrogens with zero attached hydrogens (tertiary/aromatic N) is 3. The first kappa shape index (κ1) is 20.9. The molecule has 0 radical (unpaired) electrons. The van der Waals surface area contributed by atoms with Crippen LogP contribution in [0.15, 0.2) is 18.2 Å². The smallest absolute Gasteiger partial charge is 0.424 e. The van der Waals surface area contributed by atoms with Crippen LogP contribution in [0.25, 0.3) is 0 Å². The second-order valence-electron chi connectivity index (χ2n) is 8.21. The van der Waals surface area contributed by atoms with Gasteiger partial charge >= 0.3 is 12.4 Å². The number of nitrogens with one attached hydrogen (secondary N) is 1. The van der Waals surface area contributed by atoms with Crippen molar-refractivity contribution >= 4 is 0 Å². The summed E-state index contributed by atoms with van der Waals surface area (Å²) >= 11 is 0. The van der Waals surface area contributed by atoms with E-state index < -0.39 is 17.9 Å². The molecule has 2 aliphatic rings. The minimum atomic E-state index is -4.97. The lowest BCUT2D eigenvalue weighted by molar-refractivity contribution is -0.275. The molecule has 0 spiro atoms. The number of halogens is 4. The van der Waals surface area contributed by atoms with Crippen molar-refractivity contribution < 1.29 is 27.0 Å². The van der Waals surface area contributed by atoms with Crippen molar-refractivity contribution in [3.63, 3.8) is 0 Å². The number of fused-ring (bicyclic) bond motifs is 2. The molecule has 2 aromatic rings. The maximum atomic E-state index is 14.0. The molecule has 10 heteroatoms. The molecule has 4 rings (SSSR count). The lowest BCUT2D eigenvalue weighted by atomic mass is 9.83. The summed E-state index contributed by atoms with van der Waals surface area (Å²) in [5.41, 5.74) is 0. The Labute approximate surface area is 171 Å². The Morgan fingerprint density at radius 1 is 1.20 bits per heavy atom. The van der Waals surface area contributed by atoms with Gasteiger partial charge < -0.3 is 14.8 Å². The second kappa shape index (κ2) is 8.05. The van der Waals surface area contributed by atoms with Gasteiger partial charge in [0, 0.05) is 12.5 Å². The van der Waals surface area contributed by atoms with E-state index in [0.29, 0.717) is 23.6 Å². The first-order chi connectivity index (χ1) is 14.2. The van der Waals surface area contributed by atoms with Crippen LogP contribution in [0, 0.1) is 23.6 Å². The summed E-state index contributed by atoms with van der Waals surface area (Å²) in [5.74, 6) is 0.362. The first-order valence-electron chi connectivity index (χ1n) is 10.1. The Hall–Kier alpha value is -2.36. The molecule has 1 aromatic carbocycles. The molecule has 164 valence electrons. The van der Waals surface area contributed by atoms with Gasteiger partial charge in [-0.2, -0.15) is 10.1 Å².